The minimum Gasteiger partial charge on any atom is -0.497 e. The number of rotatable bonds is 7. The van der Waals surface area contributed by atoms with Gasteiger partial charge in [-0.15, -0.1) is 0 Å². The first kappa shape index (κ1) is 19.6. The molecule has 0 radical (unpaired) electrons. The highest BCUT2D eigenvalue weighted by molar-refractivity contribution is 7.92. The zero-order valence-corrected chi connectivity index (χ0v) is 15.9. The summed E-state index contributed by atoms with van der Waals surface area (Å²) in [6.45, 7) is 1.01. The fourth-order valence-corrected chi connectivity index (χ4v) is 2.94. The number of hydrogen-bond donors (Lipinski definition) is 3. The number of anilines is 1. The quantitative estimate of drug-likeness (QED) is 0.507. The molecule has 3 N–H and O–H groups in total. The highest BCUT2D eigenvalue weighted by Gasteiger charge is 2.07. The number of nitrogens with zero attached hydrogens (tertiary/aromatic N) is 1. The minimum atomic E-state index is -3.33. The summed E-state index contributed by atoms with van der Waals surface area (Å²) < 4.78 is 30.7. The average Bonchev–Trinajstić information content (AvgIpc) is 2.62. The lowest BCUT2D eigenvalue weighted by Crippen LogP contribution is -2.36. The predicted octanol–water partition coefficient (Wildman–Crippen LogP) is 1.93. The van der Waals surface area contributed by atoms with Gasteiger partial charge in [0.25, 0.3) is 0 Å². The van der Waals surface area contributed by atoms with E-state index in [0.29, 0.717) is 24.7 Å². The van der Waals surface area contributed by atoms with Gasteiger partial charge in [-0.3, -0.25) is 9.71 Å². The van der Waals surface area contributed by atoms with Gasteiger partial charge < -0.3 is 15.4 Å². The Morgan fingerprint density at radius 2 is 1.81 bits per heavy atom. The third kappa shape index (κ3) is 6.29. The smallest absolute Gasteiger partial charge is 0.229 e. The number of aliphatic imine (C=N–C) groups is 1. The lowest BCUT2D eigenvalue weighted by molar-refractivity contribution is 0.414. The Morgan fingerprint density at radius 1 is 1.08 bits per heavy atom. The first-order valence-electron chi connectivity index (χ1n) is 8.04. The summed E-state index contributed by atoms with van der Waals surface area (Å²) >= 11 is 0. The van der Waals surface area contributed by atoms with Gasteiger partial charge >= 0.3 is 0 Å². The molecule has 0 aliphatic rings. The van der Waals surface area contributed by atoms with Crippen molar-refractivity contribution in [2.75, 3.05) is 25.1 Å². The second-order valence-electron chi connectivity index (χ2n) is 5.66. The van der Waals surface area contributed by atoms with Crippen LogP contribution in [0.15, 0.2) is 53.5 Å². The van der Waals surface area contributed by atoms with Crippen molar-refractivity contribution in [3.8, 4) is 5.75 Å². The molecule has 0 bridgehead atoms. The SMILES string of the molecule is CN=C(NCc1cccc(OC)c1)NCc1ccccc1NS(C)(=O)=O. The van der Waals surface area contributed by atoms with E-state index in [2.05, 4.69) is 20.3 Å². The van der Waals surface area contributed by atoms with E-state index in [9.17, 15) is 8.42 Å². The maximum absolute atomic E-state index is 11.5. The van der Waals surface area contributed by atoms with Crippen molar-refractivity contribution in [1.82, 2.24) is 10.6 Å². The summed E-state index contributed by atoms with van der Waals surface area (Å²) in [6, 6.07) is 15.0. The van der Waals surface area contributed by atoms with Crippen LogP contribution in [0.1, 0.15) is 11.1 Å². The van der Waals surface area contributed by atoms with Crippen LogP contribution in [0, 0.1) is 0 Å². The predicted molar refractivity (Wildman–Crippen MR) is 105 cm³/mol. The molecule has 8 heteroatoms. The van der Waals surface area contributed by atoms with E-state index in [-0.39, 0.29) is 0 Å². The molecule has 0 spiro atoms. The van der Waals surface area contributed by atoms with Crippen LogP contribution in [-0.4, -0.2) is 34.8 Å². The molecule has 0 amide bonds. The van der Waals surface area contributed by atoms with Crippen molar-refractivity contribution in [2.24, 2.45) is 4.99 Å². The van der Waals surface area contributed by atoms with Gasteiger partial charge in [0.05, 0.1) is 19.1 Å². The van der Waals surface area contributed by atoms with Crippen LogP contribution in [0.3, 0.4) is 0 Å². The number of benzene rings is 2. The topological polar surface area (TPSA) is 91.8 Å². The van der Waals surface area contributed by atoms with Crippen LogP contribution >= 0.6 is 0 Å². The Morgan fingerprint density at radius 3 is 2.50 bits per heavy atom. The normalized spacial score (nSPS) is 11.7. The molecule has 0 aliphatic heterocycles. The molecule has 0 heterocycles. The van der Waals surface area contributed by atoms with Crippen molar-refractivity contribution >= 4 is 21.7 Å². The van der Waals surface area contributed by atoms with Gasteiger partial charge in [0, 0.05) is 20.1 Å². The summed E-state index contributed by atoms with van der Waals surface area (Å²) in [5, 5.41) is 6.40. The number of hydrogen-bond acceptors (Lipinski definition) is 4. The lowest BCUT2D eigenvalue weighted by Gasteiger charge is -2.15. The Balaban J connectivity index is 1.97. The monoisotopic (exact) mass is 376 g/mol. The number of guanidine groups is 1. The molecule has 0 saturated heterocycles. The standard InChI is InChI=1S/C18H24N4O3S/c1-19-18(20-12-14-7-6-9-16(11-14)25-2)21-13-15-8-4-5-10-17(15)22-26(3,23)24/h4-11,22H,12-13H2,1-3H3,(H2,19,20,21). The van der Waals surface area contributed by atoms with E-state index in [0.717, 1.165) is 23.1 Å². The Bertz CT molecular complexity index is 866. The van der Waals surface area contributed by atoms with Gasteiger partial charge in [0.15, 0.2) is 5.96 Å². The molecule has 0 unspecified atom stereocenters. The molecule has 0 atom stereocenters. The van der Waals surface area contributed by atoms with Gasteiger partial charge in [0.2, 0.25) is 10.0 Å². The molecule has 0 aliphatic carbocycles. The van der Waals surface area contributed by atoms with Crippen LogP contribution in [0.25, 0.3) is 0 Å². The van der Waals surface area contributed by atoms with Crippen LogP contribution in [-0.2, 0) is 23.1 Å². The molecule has 7 nitrogen and oxygen atoms in total. The molecular formula is C18H24N4O3S. The van der Waals surface area contributed by atoms with E-state index in [1.54, 1.807) is 26.3 Å². The number of sulfonamides is 1. The average molecular weight is 376 g/mol. The van der Waals surface area contributed by atoms with E-state index < -0.39 is 10.0 Å². The van der Waals surface area contributed by atoms with Crippen LogP contribution < -0.4 is 20.1 Å². The molecule has 2 aromatic carbocycles. The van der Waals surface area contributed by atoms with Gasteiger partial charge in [-0.1, -0.05) is 30.3 Å². The Hall–Kier alpha value is -2.74. The molecular weight excluding hydrogens is 352 g/mol. The summed E-state index contributed by atoms with van der Waals surface area (Å²) in [4.78, 5) is 4.19. The van der Waals surface area contributed by atoms with Gasteiger partial charge in [-0.05, 0) is 29.3 Å². The Labute approximate surface area is 154 Å². The van der Waals surface area contributed by atoms with Crippen molar-refractivity contribution in [2.45, 2.75) is 13.1 Å². The zero-order valence-electron chi connectivity index (χ0n) is 15.1. The van der Waals surface area contributed by atoms with E-state index in [1.165, 1.54) is 0 Å². The third-order valence-corrected chi connectivity index (χ3v) is 4.17. The summed E-state index contributed by atoms with van der Waals surface area (Å²) in [7, 11) is -0.0161. The second-order valence-corrected chi connectivity index (χ2v) is 7.41. The summed E-state index contributed by atoms with van der Waals surface area (Å²) in [5.41, 5.74) is 2.43. The molecule has 2 aromatic rings. The Kier molecular flexibility index (Phi) is 6.85. The van der Waals surface area contributed by atoms with Crippen LogP contribution in [0.4, 0.5) is 5.69 Å². The number of methoxy groups -OCH3 is 1. The lowest BCUT2D eigenvalue weighted by atomic mass is 10.2. The van der Waals surface area contributed by atoms with Crippen molar-refractivity contribution in [1.29, 1.82) is 0 Å². The van der Waals surface area contributed by atoms with Gasteiger partial charge in [0.1, 0.15) is 5.75 Å². The van der Waals surface area contributed by atoms with Crippen LogP contribution in [0.5, 0.6) is 5.75 Å². The minimum absolute atomic E-state index is 0.427. The van der Waals surface area contributed by atoms with Crippen molar-refractivity contribution < 1.29 is 13.2 Å². The van der Waals surface area contributed by atoms with Crippen molar-refractivity contribution in [3.63, 3.8) is 0 Å². The fraction of sp³-hybridized carbons (Fsp3) is 0.278. The largest absolute Gasteiger partial charge is 0.497 e. The van der Waals surface area contributed by atoms with Crippen molar-refractivity contribution in [3.05, 3.63) is 59.7 Å². The molecule has 140 valence electrons. The van der Waals surface area contributed by atoms with E-state index >= 15 is 0 Å². The molecule has 26 heavy (non-hydrogen) atoms. The fourth-order valence-electron chi connectivity index (χ4n) is 2.34. The van der Waals surface area contributed by atoms with E-state index in [1.807, 2.05) is 36.4 Å². The van der Waals surface area contributed by atoms with E-state index in [4.69, 9.17) is 4.74 Å². The zero-order chi connectivity index (χ0) is 19.0. The van der Waals surface area contributed by atoms with Crippen LogP contribution in [0.2, 0.25) is 0 Å². The number of nitrogens with one attached hydrogen (secondary N) is 3. The molecule has 0 fully saturated rings. The number of para-hydroxylation sites is 1. The maximum atomic E-state index is 11.5. The summed E-state index contributed by atoms with van der Waals surface area (Å²) in [6.07, 6.45) is 1.13. The van der Waals surface area contributed by atoms with Gasteiger partial charge in [-0.2, -0.15) is 0 Å². The molecule has 0 saturated carbocycles. The maximum Gasteiger partial charge on any atom is 0.229 e. The first-order valence-corrected chi connectivity index (χ1v) is 9.93. The highest BCUT2D eigenvalue weighted by atomic mass is 32.2. The third-order valence-electron chi connectivity index (χ3n) is 3.58. The van der Waals surface area contributed by atoms with Gasteiger partial charge in [-0.25, -0.2) is 8.42 Å². The molecule has 0 aromatic heterocycles. The number of ether oxygens (including phenoxy) is 1. The highest BCUT2D eigenvalue weighted by Crippen LogP contribution is 2.16. The second kappa shape index (κ2) is 9.10. The summed E-state index contributed by atoms with van der Waals surface area (Å²) in [5.74, 6) is 1.41. The molecule has 2 rings (SSSR count). The first-order chi connectivity index (χ1) is 12.4.